The van der Waals surface area contributed by atoms with Crippen molar-refractivity contribution in [2.75, 3.05) is 5.32 Å². The fourth-order valence-corrected chi connectivity index (χ4v) is 3.87. The van der Waals surface area contributed by atoms with Gasteiger partial charge in [0.05, 0.1) is 5.02 Å². The highest BCUT2D eigenvalue weighted by Gasteiger charge is 2.42. The van der Waals surface area contributed by atoms with Gasteiger partial charge >= 0.3 is 0 Å². The second-order valence-corrected chi connectivity index (χ2v) is 6.66. The van der Waals surface area contributed by atoms with E-state index in [-0.39, 0.29) is 11.8 Å². The van der Waals surface area contributed by atoms with Crippen molar-refractivity contribution < 1.29 is 4.79 Å². The molecule has 2 aliphatic rings. The summed E-state index contributed by atoms with van der Waals surface area (Å²) in [4.78, 5) is 12.2. The number of rotatable bonds is 2. The Morgan fingerprint density at radius 3 is 2.78 bits per heavy atom. The van der Waals surface area contributed by atoms with Crippen LogP contribution in [0.2, 0.25) is 5.02 Å². The Balaban J connectivity index is 1.69. The van der Waals surface area contributed by atoms with Crippen LogP contribution in [0, 0.1) is 17.8 Å². The number of halogens is 2. The highest BCUT2D eigenvalue weighted by Crippen LogP contribution is 2.48. The second-order valence-electron chi connectivity index (χ2n) is 5.40. The Morgan fingerprint density at radius 1 is 1.33 bits per heavy atom. The minimum absolute atomic E-state index is 0.177. The number of hydrogen-bond donors (Lipinski definition) is 1. The van der Waals surface area contributed by atoms with Crippen LogP contribution in [-0.4, -0.2) is 5.91 Å². The zero-order chi connectivity index (χ0) is 12.7. The van der Waals surface area contributed by atoms with E-state index in [0.29, 0.717) is 10.9 Å². The Morgan fingerprint density at radius 2 is 2.17 bits per heavy atom. The largest absolute Gasteiger partial charge is 0.326 e. The fraction of sp³-hybridized carbons (Fsp3) is 0.500. The van der Waals surface area contributed by atoms with Crippen LogP contribution in [-0.2, 0) is 4.79 Å². The van der Waals surface area contributed by atoms with E-state index in [9.17, 15) is 4.79 Å². The summed E-state index contributed by atoms with van der Waals surface area (Å²) in [5.41, 5.74) is 0.819. The third kappa shape index (κ3) is 2.30. The maximum absolute atomic E-state index is 12.2. The average molecular weight is 329 g/mol. The number of carbonyl (C=O) groups is 1. The summed E-state index contributed by atoms with van der Waals surface area (Å²) < 4.78 is 0.815. The summed E-state index contributed by atoms with van der Waals surface area (Å²) in [7, 11) is 0. The third-order valence-corrected chi connectivity index (χ3v) is 5.48. The molecule has 4 heteroatoms. The lowest BCUT2D eigenvalue weighted by molar-refractivity contribution is -0.121. The molecular weight excluding hydrogens is 314 g/mol. The molecule has 0 aliphatic heterocycles. The maximum Gasteiger partial charge on any atom is 0.227 e. The Hall–Kier alpha value is -0.540. The van der Waals surface area contributed by atoms with Crippen molar-refractivity contribution in [1.29, 1.82) is 0 Å². The predicted molar refractivity (Wildman–Crippen MR) is 76.7 cm³/mol. The summed E-state index contributed by atoms with van der Waals surface area (Å²) >= 11 is 9.30. The molecule has 96 valence electrons. The van der Waals surface area contributed by atoms with E-state index in [1.807, 2.05) is 12.1 Å². The standard InChI is InChI=1S/C14H15BrClNO/c15-12-7-10(3-4-13(12)16)17-14(18)11-6-8-1-2-9(11)5-8/h3-4,7-9,11H,1-2,5-6H2,(H,17,18). The van der Waals surface area contributed by atoms with E-state index < -0.39 is 0 Å². The lowest BCUT2D eigenvalue weighted by Crippen LogP contribution is -2.27. The molecule has 18 heavy (non-hydrogen) atoms. The van der Waals surface area contributed by atoms with E-state index in [0.717, 1.165) is 22.5 Å². The summed E-state index contributed by atoms with van der Waals surface area (Å²) in [5, 5.41) is 3.67. The molecule has 0 saturated heterocycles. The van der Waals surface area contributed by atoms with Crippen LogP contribution in [0.3, 0.4) is 0 Å². The first-order valence-electron chi connectivity index (χ1n) is 6.39. The van der Waals surface area contributed by atoms with Crippen molar-refractivity contribution in [2.24, 2.45) is 17.8 Å². The number of carbonyl (C=O) groups excluding carboxylic acids is 1. The first-order valence-corrected chi connectivity index (χ1v) is 7.56. The van der Waals surface area contributed by atoms with Crippen LogP contribution in [0.15, 0.2) is 22.7 Å². The second kappa shape index (κ2) is 4.86. The smallest absolute Gasteiger partial charge is 0.227 e. The first kappa shape index (κ1) is 12.5. The summed E-state index contributed by atoms with van der Waals surface area (Å²) in [6.07, 6.45) is 4.88. The van der Waals surface area contributed by atoms with Gasteiger partial charge in [-0.3, -0.25) is 4.79 Å². The minimum atomic E-state index is 0.177. The molecule has 2 bridgehead atoms. The van der Waals surface area contributed by atoms with Gasteiger partial charge in [0.15, 0.2) is 0 Å². The number of hydrogen-bond acceptors (Lipinski definition) is 1. The molecule has 3 atom stereocenters. The lowest BCUT2D eigenvalue weighted by atomic mass is 9.88. The molecule has 0 radical (unpaired) electrons. The Labute approximate surface area is 120 Å². The molecule has 1 amide bonds. The van der Waals surface area contributed by atoms with Crippen LogP contribution in [0.1, 0.15) is 25.7 Å². The third-order valence-electron chi connectivity index (χ3n) is 4.26. The van der Waals surface area contributed by atoms with Gasteiger partial charge in [0.2, 0.25) is 5.91 Å². The number of anilines is 1. The minimum Gasteiger partial charge on any atom is -0.326 e. The molecule has 1 N–H and O–H groups in total. The molecule has 0 aromatic heterocycles. The van der Waals surface area contributed by atoms with Gasteiger partial charge in [-0.1, -0.05) is 18.0 Å². The normalized spacial score (nSPS) is 29.6. The molecule has 2 aliphatic carbocycles. The van der Waals surface area contributed by atoms with Crippen LogP contribution < -0.4 is 5.32 Å². The molecule has 2 nitrogen and oxygen atoms in total. The SMILES string of the molecule is O=C(Nc1ccc(Cl)c(Br)c1)C1CC2CCC1C2. The zero-order valence-electron chi connectivity index (χ0n) is 9.96. The summed E-state index contributed by atoms with van der Waals surface area (Å²) in [5.74, 6) is 1.81. The van der Waals surface area contributed by atoms with Gasteiger partial charge in [0.25, 0.3) is 0 Å². The molecular formula is C14H15BrClNO. The molecule has 2 saturated carbocycles. The Kier molecular flexibility index (Phi) is 3.37. The lowest BCUT2D eigenvalue weighted by Gasteiger charge is -2.20. The van der Waals surface area contributed by atoms with Crippen molar-refractivity contribution in [1.82, 2.24) is 0 Å². The van der Waals surface area contributed by atoms with Crippen LogP contribution in [0.5, 0.6) is 0 Å². The van der Waals surface area contributed by atoms with Gasteiger partial charge in [-0.2, -0.15) is 0 Å². The molecule has 1 aromatic carbocycles. The van der Waals surface area contributed by atoms with Gasteiger partial charge in [0, 0.05) is 16.1 Å². The highest BCUT2D eigenvalue weighted by molar-refractivity contribution is 9.10. The first-order chi connectivity index (χ1) is 8.63. The van der Waals surface area contributed by atoms with Crippen molar-refractivity contribution in [3.63, 3.8) is 0 Å². The Bertz CT molecular complexity index is 491. The topological polar surface area (TPSA) is 29.1 Å². The summed E-state index contributed by atoms with van der Waals surface area (Å²) in [6, 6.07) is 5.49. The van der Waals surface area contributed by atoms with Gasteiger partial charge in [0.1, 0.15) is 0 Å². The van der Waals surface area contributed by atoms with Crippen molar-refractivity contribution in [3.05, 3.63) is 27.7 Å². The number of fused-ring (bicyclic) bond motifs is 2. The van der Waals surface area contributed by atoms with Crippen molar-refractivity contribution in [2.45, 2.75) is 25.7 Å². The van der Waals surface area contributed by atoms with Crippen molar-refractivity contribution in [3.8, 4) is 0 Å². The predicted octanol–water partition coefficient (Wildman–Crippen LogP) is 4.48. The quantitative estimate of drug-likeness (QED) is 0.852. The monoisotopic (exact) mass is 327 g/mol. The van der Waals surface area contributed by atoms with Crippen LogP contribution >= 0.6 is 27.5 Å². The number of benzene rings is 1. The maximum atomic E-state index is 12.2. The highest BCUT2D eigenvalue weighted by atomic mass is 79.9. The van der Waals surface area contributed by atoms with E-state index >= 15 is 0 Å². The van der Waals surface area contributed by atoms with E-state index in [4.69, 9.17) is 11.6 Å². The van der Waals surface area contributed by atoms with E-state index in [2.05, 4.69) is 21.2 Å². The number of nitrogens with one attached hydrogen (secondary N) is 1. The molecule has 2 fully saturated rings. The summed E-state index contributed by atoms with van der Waals surface area (Å²) in [6.45, 7) is 0. The molecule has 3 rings (SSSR count). The van der Waals surface area contributed by atoms with E-state index in [1.54, 1.807) is 6.07 Å². The van der Waals surface area contributed by atoms with E-state index in [1.165, 1.54) is 19.3 Å². The van der Waals surface area contributed by atoms with Crippen LogP contribution in [0.4, 0.5) is 5.69 Å². The van der Waals surface area contributed by atoms with Crippen LogP contribution in [0.25, 0.3) is 0 Å². The molecule has 0 spiro atoms. The fourth-order valence-electron chi connectivity index (χ4n) is 3.37. The number of amides is 1. The zero-order valence-corrected chi connectivity index (χ0v) is 12.3. The molecule has 0 heterocycles. The molecule has 1 aromatic rings. The van der Waals surface area contributed by atoms with Gasteiger partial charge in [-0.05, 0) is 65.2 Å². The van der Waals surface area contributed by atoms with Crippen molar-refractivity contribution >= 4 is 39.1 Å². The van der Waals surface area contributed by atoms with Gasteiger partial charge < -0.3 is 5.32 Å². The van der Waals surface area contributed by atoms with Gasteiger partial charge in [-0.15, -0.1) is 0 Å². The van der Waals surface area contributed by atoms with Gasteiger partial charge in [-0.25, -0.2) is 0 Å². The molecule has 3 unspecified atom stereocenters. The average Bonchev–Trinajstić information content (AvgIpc) is 2.96.